The molecular formula is C25H22N4O2S2. The molecule has 0 aliphatic carbocycles. The zero-order chi connectivity index (χ0) is 22.5. The molecule has 1 unspecified atom stereocenters. The Morgan fingerprint density at radius 3 is 3.00 bits per heavy atom. The zero-order valence-corrected chi connectivity index (χ0v) is 19.7. The third-order valence-electron chi connectivity index (χ3n) is 6.47. The number of para-hydroxylation sites is 1. The highest BCUT2D eigenvalue weighted by molar-refractivity contribution is 7.20. The number of aromatic nitrogens is 3. The molecule has 5 aromatic rings. The molecule has 5 heterocycles. The van der Waals surface area contributed by atoms with Gasteiger partial charge in [0.15, 0.2) is 0 Å². The summed E-state index contributed by atoms with van der Waals surface area (Å²) in [5, 5.41) is 6.96. The molecule has 8 heteroatoms. The van der Waals surface area contributed by atoms with Crippen LogP contribution in [0.3, 0.4) is 0 Å². The Morgan fingerprint density at radius 2 is 2.15 bits per heavy atom. The number of fused-ring (bicyclic) bond motifs is 3. The van der Waals surface area contributed by atoms with Gasteiger partial charge in [0.05, 0.1) is 10.3 Å². The molecule has 0 saturated carbocycles. The van der Waals surface area contributed by atoms with Gasteiger partial charge in [-0.25, -0.2) is 4.98 Å². The average molecular weight is 475 g/mol. The van der Waals surface area contributed by atoms with E-state index in [-0.39, 0.29) is 17.4 Å². The lowest BCUT2D eigenvalue weighted by atomic mass is 9.96. The molecule has 166 valence electrons. The van der Waals surface area contributed by atoms with E-state index in [9.17, 15) is 9.59 Å². The minimum atomic E-state index is -0.151. The van der Waals surface area contributed by atoms with E-state index in [1.807, 2.05) is 31.3 Å². The van der Waals surface area contributed by atoms with Gasteiger partial charge in [-0.1, -0.05) is 24.3 Å². The number of rotatable bonds is 5. The summed E-state index contributed by atoms with van der Waals surface area (Å²) in [7, 11) is 0. The van der Waals surface area contributed by atoms with Crippen LogP contribution in [-0.4, -0.2) is 27.0 Å². The number of carbonyl (C=O) groups is 1. The summed E-state index contributed by atoms with van der Waals surface area (Å²) in [4.78, 5) is 36.7. The monoisotopic (exact) mass is 474 g/mol. The summed E-state index contributed by atoms with van der Waals surface area (Å²) in [6, 6.07) is 12.4. The van der Waals surface area contributed by atoms with Gasteiger partial charge in [-0.3, -0.25) is 14.2 Å². The molecule has 2 N–H and O–H groups in total. The van der Waals surface area contributed by atoms with Crippen LogP contribution in [0.1, 0.15) is 43.8 Å². The minimum absolute atomic E-state index is 0.0180. The number of benzene rings is 1. The molecule has 1 aliphatic heterocycles. The maximum atomic E-state index is 13.3. The second-order valence-electron chi connectivity index (χ2n) is 8.39. The van der Waals surface area contributed by atoms with Crippen LogP contribution in [-0.2, 0) is 13.0 Å². The number of nitrogens with one attached hydrogen (secondary N) is 2. The lowest BCUT2D eigenvalue weighted by Gasteiger charge is -2.16. The van der Waals surface area contributed by atoms with E-state index in [1.165, 1.54) is 16.2 Å². The molecule has 1 atom stereocenters. The van der Waals surface area contributed by atoms with Crippen molar-refractivity contribution in [3.8, 4) is 0 Å². The van der Waals surface area contributed by atoms with Crippen molar-refractivity contribution < 1.29 is 4.79 Å². The standard InChI is InChI=1S/C25H22N4O2S2/c1-14-21-24(28-20-9-4-10-29(20)25(21)31)33-22(14)23(30)27-13-17(19-8-5-11-32-19)16-12-26-18-7-3-2-6-15(16)18/h2-3,5-8,11-12,17,26H,4,9-10,13H2,1H3,(H,27,30). The zero-order valence-electron chi connectivity index (χ0n) is 18.1. The molecule has 33 heavy (non-hydrogen) atoms. The lowest BCUT2D eigenvalue weighted by molar-refractivity contribution is 0.0956. The number of aryl methyl sites for hydroxylation is 2. The number of aromatic amines is 1. The molecule has 0 radical (unpaired) electrons. The molecule has 6 nitrogen and oxygen atoms in total. The largest absolute Gasteiger partial charge is 0.361 e. The van der Waals surface area contributed by atoms with Crippen molar-refractivity contribution in [2.24, 2.45) is 0 Å². The fourth-order valence-electron chi connectivity index (χ4n) is 4.80. The molecule has 0 fully saturated rings. The molecule has 6 rings (SSSR count). The maximum Gasteiger partial charge on any atom is 0.262 e. The highest BCUT2D eigenvalue weighted by atomic mass is 32.1. The molecule has 0 saturated heterocycles. The summed E-state index contributed by atoms with van der Waals surface area (Å²) in [5.74, 6) is 0.714. The fourth-order valence-corrected chi connectivity index (χ4v) is 6.76. The predicted molar refractivity (Wildman–Crippen MR) is 134 cm³/mol. The van der Waals surface area contributed by atoms with Gasteiger partial charge >= 0.3 is 0 Å². The molecular weight excluding hydrogens is 452 g/mol. The van der Waals surface area contributed by atoms with Crippen molar-refractivity contribution in [2.75, 3.05) is 6.54 Å². The second kappa shape index (κ2) is 7.97. The Bertz CT molecular complexity index is 1560. The lowest BCUT2D eigenvalue weighted by Crippen LogP contribution is -2.28. The normalized spacial score (nSPS) is 14.1. The Hall–Kier alpha value is -3.23. The molecule has 0 bridgehead atoms. The summed E-state index contributed by atoms with van der Waals surface area (Å²) < 4.78 is 1.76. The van der Waals surface area contributed by atoms with Crippen molar-refractivity contribution in [1.29, 1.82) is 0 Å². The van der Waals surface area contributed by atoms with E-state index in [0.29, 0.717) is 28.2 Å². The van der Waals surface area contributed by atoms with Crippen molar-refractivity contribution in [2.45, 2.75) is 32.2 Å². The highest BCUT2D eigenvalue weighted by Crippen LogP contribution is 2.33. The maximum absolute atomic E-state index is 13.3. The quantitative estimate of drug-likeness (QED) is 0.383. The molecule has 1 aromatic carbocycles. The third kappa shape index (κ3) is 3.32. The Balaban J connectivity index is 1.33. The van der Waals surface area contributed by atoms with Gasteiger partial charge in [-0.2, -0.15) is 0 Å². The van der Waals surface area contributed by atoms with Crippen LogP contribution in [0, 0.1) is 6.92 Å². The molecule has 0 spiro atoms. The number of thiophene rings is 2. The number of carbonyl (C=O) groups excluding carboxylic acids is 1. The average Bonchev–Trinajstić information content (AvgIpc) is 3.61. The Labute approximate surface area is 197 Å². The Kier molecular flexibility index (Phi) is 4.92. The number of hydrogen-bond acceptors (Lipinski definition) is 5. The Morgan fingerprint density at radius 1 is 1.27 bits per heavy atom. The first kappa shape index (κ1) is 20.4. The van der Waals surface area contributed by atoms with Crippen LogP contribution in [0.15, 0.2) is 52.8 Å². The van der Waals surface area contributed by atoms with Crippen molar-refractivity contribution in [3.63, 3.8) is 0 Å². The molecule has 4 aromatic heterocycles. The third-order valence-corrected chi connectivity index (χ3v) is 8.64. The molecule has 1 aliphatic rings. The number of hydrogen-bond donors (Lipinski definition) is 2. The predicted octanol–water partition coefficient (Wildman–Crippen LogP) is 4.82. The van der Waals surface area contributed by atoms with Crippen molar-refractivity contribution in [1.82, 2.24) is 19.9 Å². The number of H-pyrrole nitrogens is 1. The number of nitrogens with zero attached hydrogens (tertiary/aromatic N) is 2. The fraction of sp³-hybridized carbons (Fsp3) is 0.240. The summed E-state index contributed by atoms with van der Waals surface area (Å²) in [6.45, 7) is 3.04. The van der Waals surface area contributed by atoms with Crippen LogP contribution in [0.25, 0.3) is 21.1 Å². The summed E-state index contributed by atoms with van der Waals surface area (Å²) >= 11 is 3.01. The first-order chi connectivity index (χ1) is 16.1. The highest BCUT2D eigenvalue weighted by Gasteiger charge is 2.25. The van der Waals surface area contributed by atoms with E-state index in [4.69, 9.17) is 4.98 Å². The first-order valence-electron chi connectivity index (χ1n) is 11.0. The van der Waals surface area contributed by atoms with Gasteiger partial charge in [-0.15, -0.1) is 22.7 Å². The van der Waals surface area contributed by atoms with E-state index >= 15 is 0 Å². The topological polar surface area (TPSA) is 79.8 Å². The van der Waals surface area contributed by atoms with Gasteiger partial charge in [0.25, 0.3) is 11.5 Å². The minimum Gasteiger partial charge on any atom is -0.361 e. The van der Waals surface area contributed by atoms with Gasteiger partial charge < -0.3 is 10.3 Å². The van der Waals surface area contributed by atoms with E-state index in [1.54, 1.807) is 15.9 Å². The van der Waals surface area contributed by atoms with Gasteiger partial charge in [0, 0.05) is 47.4 Å². The summed E-state index contributed by atoms with van der Waals surface area (Å²) in [6.07, 6.45) is 3.80. The second-order valence-corrected chi connectivity index (χ2v) is 10.4. The first-order valence-corrected chi connectivity index (χ1v) is 12.7. The van der Waals surface area contributed by atoms with Crippen LogP contribution in [0.5, 0.6) is 0 Å². The van der Waals surface area contributed by atoms with Crippen LogP contribution >= 0.6 is 22.7 Å². The van der Waals surface area contributed by atoms with E-state index in [2.05, 4.69) is 33.9 Å². The smallest absolute Gasteiger partial charge is 0.262 e. The van der Waals surface area contributed by atoms with Crippen molar-refractivity contribution in [3.05, 3.63) is 85.0 Å². The van der Waals surface area contributed by atoms with Crippen LogP contribution in [0.4, 0.5) is 0 Å². The summed E-state index contributed by atoms with van der Waals surface area (Å²) in [5.41, 5.74) is 2.96. The van der Waals surface area contributed by atoms with Crippen molar-refractivity contribution >= 4 is 49.7 Å². The van der Waals surface area contributed by atoms with Crippen LogP contribution < -0.4 is 10.9 Å². The van der Waals surface area contributed by atoms with Gasteiger partial charge in [0.1, 0.15) is 10.7 Å². The SMILES string of the molecule is Cc1c(C(=O)NCC(c2cccs2)c2c[nH]c3ccccc23)sc2nc3n(c(=O)c12)CCC3. The van der Waals surface area contributed by atoms with E-state index < -0.39 is 0 Å². The van der Waals surface area contributed by atoms with Crippen LogP contribution in [0.2, 0.25) is 0 Å². The van der Waals surface area contributed by atoms with Gasteiger partial charge in [-0.05, 0) is 42.0 Å². The number of amides is 1. The van der Waals surface area contributed by atoms with E-state index in [0.717, 1.165) is 40.7 Å². The van der Waals surface area contributed by atoms with Gasteiger partial charge in [0.2, 0.25) is 0 Å². The molecule has 1 amide bonds.